The molecule has 6 rings (SSSR count). The van der Waals surface area contributed by atoms with Gasteiger partial charge in [0.25, 0.3) is 0 Å². The largest absolute Gasteiger partial charge is 0.398 e. The van der Waals surface area contributed by atoms with Crippen molar-refractivity contribution in [3.8, 4) is 11.1 Å². The summed E-state index contributed by atoms with van der Waals surface area (Å²) in [6, 6.07) is 19.4. The molecule has 0 heterocycles. The Bertz CT molecular complexity index is 1650. The van der Waals surface area contributed by atoms with Gasteiger partial charge in [0.2, 0.25) is 0 Å². The summed E-state index contributed by atoms with van der Waals surface area (Å²) in [6.45, 7) is 0. The molecule has 0 saturated heterocycles. The van der Waals surface area contributed by atoms with Crippen LogP contribution in [0.25, 0.3) is 11.1 Å². The molecule has 2 aliphatic carbocycles. The fourth-order valence-electron chi connectivity index (χ4n) is 4.96. The van der Waals surface area contributed by atoms with E-state index >= 15 is 0 Å². The number of carbonyl (C=O) groups excluding carboxylic acids is 4. The predicted molar refractivity (Wildman–Crippen MR) is 127 cm³/mol. The number of carbonyl (C=O) groups is 4. The maximum atomic E-state index is 13.6. The Balaban J connectivity index is 1.66. The van der Waals surface area contributed by atoms with E-state index in [1.807, 2.05) is 0 Å². The summed E-state index contributed by atoms with van der Waals surface area (Å²) in [5, 5.41) is 0. The van der Waals surface area contributed by atoms with Gasteiger partial charge in [-0.2, -0.15) is 0 Å². The molecular weight excluding hydrogens is 428 g/mol. The van der Waals surface area contributed by atoms with Crippen molar-refractivity contribution in [2.45, 2.75) is 0 Å². The first-order valence-corrected chi connectivity index (χ1v) is 10.6. The van der Waals surface area contributed by atoms with E-state index in [-0.39, 0.29) is 79.0 Å². The van der Waals surface area contributed by atoms with Crippen molar-refractivity contribution >= 4 is 34.5 Å². The summed E-state index contributed by atoms with van der Waals surface area (Å²) in [6.07, 6.45) is 0. The number of hydrogen-bond acceptors (Lipinski definition) is 6. The third kappa shape index (κ3) is 2.45. The van der Waals surface area contributed by atoms with Gasteiger partial charge in [0, 0.05) is 44.8 Å². The number of rotatable bonds is 1. The molecule has 0 unspecified atom stereocenters. The molecule has 0 bridgehead atoms. The summed E-state index contributed by atoms with van der Waals surface area (Å²) in [5.41, 5.74) is 14.9. The molecule has 0 aliphatic heterocycles. The van der Waals surface area contributed by atoms with E-state index < -0.39 is 0 Å². The normalized spacial score (nSPS) is 13.8. The molecular formula is C28H16N2O4. The van der Waals surface area contributed by atoms with Gasteiger partial charge in [-0.1, -0.05) is 60.7 Å². The Morgan fingerprint density at radius 1 is 0.353 bits per heavy atom. The fourth-order valence-corrected chi connectivity index (χ4v) is 4.96. The minimum Gasteiger partial charge on any atom is -0.398 e. The van der Waals surface area contributed by atoms with Crippen LogP contribution < -0.4 is 11.5 Å². The summed E-state index contributed by atoms with van der Waals surface area (Å²) >= 11 is 0. The lowest BCUT2D eigenvalue weighted by Crippen LogP contribution is -2.25. The van der Waals surface area contributed by atoms with Gasteiger partial charge in [-0.15, -0.1) is 0 Å². The summed E-state index contributed by atoms with van der Waals surface area (Å²) in [7, 11) is 0. The Morgan fingerprint density at radius 2 is 0.794 bits per heavy atom. The van der Waals surface area contributed by atoms with E-state index in [1.165, 1.54) is 0 Å². The second-order valence-electron chi connectivity index (χ2n) is 8.31. The highest BCUT2D eigenvalue weighted by molar-refractivity contribution is 6.34. The molecule has 0 amide bonds. The standard InChI is InChI=1S/C28H16N2O4/c29-19-10-4-9-18-22(19)28(34)17-8-3-7-13(21(17)27(18)33)14-11-12-20(30)24-23(14)25(31)15-5-1-2-6-16(15)26(24)32/h1-12H,29-30H2. The van der Waals surface area contributed by atoms with E-state index in [9.17, 15) is 19.2 Å². The minimum atomic E-state index is -0.368. The van der Waals surface area contributed by atoms with Crippen molar-refractivity contribution < 1.29 is 19.2 Å². The van der Waals surface area contributed by atoms with Crippen molar-refractivity contribution in [1.29, 1.82) is 0 Å². The fraction of sp³-hybridized carbons (Fsp3) is 0. The zero-order chi connectivity index (χ0) is 23.7. The van der Waals surface area contributed by atoms with Gasteiger partial charge >= 0.3 is 0 Å². The summed E-state index contributed by atoms with van der Waals surface area (Å²) in [4.78, 5) is 53.8. The molecule has 6 nitrogen and oxygen atoms in total. The lowest BCUT2D eigenvalue weighted by molar-refractivity contribution is 0.0978. The molecule has 4 aromatic carbocycles. The van der Waals surface area contributed by atoms with Crippen LogP contribution >= 0.6 is 0 Å². The van der Waals surface area contributed by atoms with Crippen molar-refractivity contribution in [1.82, 2.24) is 0 Å². The Morgan fingerprint density at radius 3 is 1.50 bits per heavy atom. The van der Waals surface area contributed by atoms with Gasteiger partial charge in [-0.3, -0.25) is 19.2 Å². The number of nitrogens with two attached hydrogens (primary N) is 2. The number of nitrogen functional groups attached to an aromatic ring is 2. The zero-order valence-electron chi connectivity index (χ0n) is 17.7. The topological polar surface area (TPSA) is 120 Å². The number of fused-ring (bicyclic) bond motifs is 4. The molecule has 0 saturated carbocycles. The van der Waals surface area contributed by atoms with Crippen LogP contribution in [0.5, 0.6) is 0 Å². The van der Waals surface area contributed by atoms with Gasteiger partial charge in [-0.05, 0) is 23.3 Å². The average Bonchev–Trinajstić information content (AvgIpc) is 2.85. The summed E-state index contributed by atoms with van der Waals surface area (Å²) < 4.78 is 0. The van der Waals surface area contributed by atoms with Gasteiger partial charge in [0.15, 0.2) is 23.1 Å². The highest BCUT2D eigenvalue weighted by atomic mass is 16.1. The van der Waals surface area contributed by atoms with E-state index in [0.717, 1.165) is 0 Å². The monoisotopic (exact) mass is 444 g/mol. The molecule has 4 aromatic rings. The second-order valence-corrected chi connectivity index (χ2v) is 8.31. The van der Waals surface area contributed by atoms with Crippen LogP contribution in [0, 0.1) is 0 Å². The van der Waals surface area contributed by atoms with Crippen LogP contribution in [0.3, 0.4) is 0 Å². The third-order valence-electron chi connectivity index (χ3n) is 6.50. The van der Waals surface area contributed by atoms with Crippen LogP contribution in [-0.4, -0.2) is 23.1 Å². The van der Waals surface area contributed by atoms with E-state index in [0.29, 0.717) is 11.1 Å². The van der Waals surface area contributed by atoms with E-state index in [2.05, 4.69) is 0 Å². The van der Waals surface area contributed by atoms with E-state index in [1.54, 1.807) is 72.8 Å². The van der Waals surface area contributed by atoms with Crippen LogP contribution in [0.1, 0.15) is 63.7 Å². The van der Waals surface area contributed by atoms with E-state index in [4.69, 9.17) is 11.5 Å². The number of benzene rings is 4. The lowest BCUT2D eigenvalue weighted by Gasteiger charge is -2.25. The first-order chi connectivity index (χ1) is 16.4. The molecule has 0 fully saturated rings. The maximum absolute atomic E-state index is 13.6. The molecule has 6 heteroatoms. The molecule has 34 heavy (non-hydrogen) atoms. The smallest absolute Gasteiger partial charge is 0.196 e. The molecule has 4 N–H and O–H groups in total. The Labute approximate surface area is 193 Å². The first kappa shape index (κ1) is 19.8. The first-order valence-electron chi connectivity index (χ1n) is 10.6. The van der Waals surface area contributed by atoms with Crippen LogP contribution in [-0.2, 0) is 0 Å². The van der Waals surface area contributed by atoms with Crippen molar-refractivity contribution in [2.24, 2.45) is 0 Å². The van der Waals surface area contributed by atoms with Crippen LogP contribution in [0.2, 0.25) is 0 Å². The zero-order valence-corrected chi connectivity index (χ0v) is 17.7. The SMILES string of the molecule is Nc1cccc2c1C(=O)c1cccc(-c3ccc(N)c4c3C(=O)c3ccccc3C4=O)c1C2=O. The lowest BCUT2D eigenvalue weighted by atomic mass is 9.76. The number of hydrogen-bond donors (Lipinski definition) is 2. The third-order valence-corrected chi connectivity index (χ3v) is 6.50. The van der Waals surface area contributed by atoms with Gasteiger partial charge in [0.05, 0.1) is 11.1 Å². The van der Waals surface area contributed by atoms with Crippen LogP contribution in [0.15, 0.2) is 72.8 Å². The molecule has 162 valence electrons. The number of anilines is 2. The van der Waals surface area contributed by atoms with Gasteiger partial charge in [0.1, 0.15) is 0 Å². The van der Waals surface area contributed by atoms with Crippen LogP contribution in [0.4, 0.5) is 11.4 Å². The van der Waals surface area contributed by atoms with Crippen molar-refractivity contribution in [3.63, 3.8) is 0 Å². The predicted octanol–water partition coefficient (Wildman–Crippen LogP) is 4.07. The molecule has 0 radical (unpaired) electrons. The average molecular weight is 444 g/mol. The summed E-state index contributed by atoms with van der Waals surface area (Å²) in [5.74, 6) is -1.44. The molecule has 0 aromatic heterocycles. The van der Waals surface area contributed by atoms with Gasteiger partial charge in [-0.25, -0.2) is 0 Å². The Kier molecular flexibility index (Phi) is 3.98. The molecule has 0 atom stereocenters. The van der Waals surface area contributed by atoms with Gasteiger partial charge < -0.3 is 11.5 Å². The highest BCUT2D eigenvalue weighted by Gasteiger charge is 2.37. The second kappa shape index (κ2) is 6.83. The Hall–Kier alpha value is -4.84. The molecule has 0 spiro atoms. The molecule has 2 aliphatic rings. The number of ketones is 4. The van der Waals surface area contributed by atoms with Crippen molar-refractivity contribution in [3.05, 3.63) is 117 Å². The minimum absolute atomic E-state index is 0.109. The van der Waals surface area contributed by atoms with Crippen molar-refractivity contribution in [2.75, 3.05) is 11.5 Å². The quantitative estimate of drug-likeness (QED) is 0.369. The maximum Gasteiger partial charge on any atom is 0.196 e. The highest BCUT2D eigenvalue weighted by Crippen LogP contribution is 2.41.